The fourth-order valence-corrected chi connectivity index (χ4v) is 1.96. The van der Waals surface area contributed by atoms with Gasteiger partial charge in [0.05, 0.1) is 0 Å². The maximum absolute atomic E-state index is 6.15. The molecule has 0 spiro atoms. The largest absolute Gasteiger partial charge is 0.311 e. The van der Waals surface area contributed by atoms with Crippen molar-refractivity contribution in [3.05, 3.63) is 34.9 Å². The highest BCUT2D eigenvalue weighted by atomic mass is 35.5. The fourth-order valence-electron chi connectivity index (χ4n) is 1.66. The van der Waals surface area contributed by atoms with Gasteiger partial charge >= 0.3 is 0 Å². The Morgan fingerprint density at radius 3 is 2.41 bits per heavy atom. The van der Waals surface area contributed by atoms with Crippen LogP contribution in [-0.4, -0.2) is 18.6 Å². The zero-order valence-electron chi connectivity index (χ0n) is 11.2. The molecule has 0 heterocycles. The molecule has 0 amide bonds. The highest BCUT2D eigenvalue weighted by molar-refractivity contribution is 6.31. The van der Waals surface area contributed by atoms with Crippen LogP contribution in [0.3, 0.4) is 0 Å². The highest BCUT2D eigenvalue weighted by Gasteiger charge is 2.10. The normalized spacial score (nSPS) is 13.7. The van der Waals surface area contributed by atoms with Crippen molar-refractivity contribution in [2.75, 3.05) is 13.1 Å². The first kappa shape index (κ1) is 14.5. The summed E-state index contributed by atoms with van der Waals surface area (Å²) in [6.45, 7) is 10.5. The number of rotatable bonds is 5. The van der Waals surface area contributed by atoms with Crippen molar-refractivity contribution in [3.63, 3.8) is 0 Å². The zero-order valence-corrected chi connectivity index (χ0v) is 11.9. The van der Waals surface area contributed by atoms with Gasteiger partial charge in [-0.15, -0.1) is 0 Å². The molecule has 17 heavy (non-hydrogen) atoms. The molecule has 0 aliphatic carbocycles. The molecule has 0 radical (unpaired) electrons. The molecule has 0 aromatic heterocycles. The van der Waals surface area contributed by atoms with Gasteiger partial charge in [0.25, 0.3) is 0 Å². The number of hydrogen-bond acceptors (Lipinski definition) is 2. The van der Waals surface area contributed by atoms with E-state index in [1.165, 1.54) is 0 Å². The molecule has 0 saturated carbocycles. The molecule has 0 fully saturated rings. The molecule has 1 aromatic carbocycles. The lowest BCUT2D eigenvalue weighted by Gasteiger charge is -2.22. The highest BCUT2D eigenvalue weighted by Crippen LogP contribution is 2.21. The van der Waals surface area contributed by atoms with E-state index in [1.807, 2.05) is 18.2 Å². The minimum Gasteiger partial charge on any atom is -0.311 e. The van der Waals surface area contributed by atoms with Crippen molar-refractivity contribution in [2.24, 2.45) is 0 Å². The van der Waals surface area contributed by atoms with Crippen LogP contribution in [-0.2, 0) is 0 Å². The summed E-state index contributed by atoms with van der Waals surface area (Å²) < 4.78 is 0. The van der Waals surface area contributed by atoms with E-state index >= 15 is 0 Å². The van der Waals surface area contributed by atoms with Crippen molar-refractivity contribution in [1.82, 2.24) is 10.6 Å². The summed E-state index contributed by atoms with van der Waals surface area (Å²) in [5.41, 5.74) is 1.33. The van der Waals surface area contributed by atoms with Gasteiger partial charge in [-0.05, 0) is 39.3 Å². The maximum Gasteiger partial charge on any atom is 0.0453 e. The Morgan fingerprint density at radius 2 is 1.82 bits per heavy atom. The van der Waals surface area contributed by atoms with E-state index in [4.69, 9.17) is 11.6 Å². The molecule has 2 nitrogen and oxygen atoms in total. The molecule has 0 aliphatic rings. The van der Waals surface area contributed by atoms with Gasteiger partial charge in [-0.2, -0.15) is 0 Å². The first-order valence-electron chi connectivity index (χ1n) is 6.13. The summed E-state index contributed by atoms with van der Waals surface area (Å²) >= 11 is 6.15. The second kappa shape index (κ2) is 6.39. The second-order valence-corrected chi connectivity index (χ2v) is 5.78. The van der Waals surface area contributed by atoms with E-state index in [0.717, 1.165) is 23.7 Å². The zero-order chi connectivity index (χ0) is 12.9. The first-order valence-corrected chi connectivity index (χ1v) is 6.51. The molecule has 1 atom stereocenters. The quantitative estimate of drug-likeness (QED) is 0.788. The Balaban J connectivity index is 2.36. The summed E-state index contributed by atoms with van der Waals surface area (Å²) in [6.07, 6.45) is 0. The monoisotopic (exact) mass is 254 g/mol. The van der Waals surface area contributed by atoms with E-state index < -0.39 is 0 Å². The summed E-state index contributed by atoms with van der Waals surface area (Å²) in [5, 5.41) is 7.74. The Labute approximate surface area is 110 Å². The van der Waals surface area contributed by atoms with Crippen LogP contribution in [0.2, 0.25) is 5.02 Å². The molecule has 0 bridgehead atoms. The van der Waals surface area contributed by atoms with E-state index in [-0.39, 0.29) is 11.6 Å². The van der Waals surface area contributed by atoms with Crippen LogP contribution in [0.15, 0.2) is 24.3 Å². The van der Waals surface area contributed by atoms with Gasteiger partial charge in [0, 0.05) is 29.7 Å². The lowest BCUT2D eigenvalue weighted by atomic mass is 10.1. The fraction of sp³-hybridized carbons (Fsp3) is 0.571. The summed E-state index contributed by atoms with van der Waals surface area (Å²) in [6, 6.07) is 8.26. The van der Waals surface area contributed by atoms with Crippen LogP contribution < -0.4 is 10.6 Å². The van der Waals surface area contributed by atoms with Crippen LogP contribution in [0.25, 0.3) is 0 Å². The average molecular weight is 255 g/mol. The lowest BCUT2D eigenvalue weighted by molar-refractivity contribution is 0.414. The van der Waals surface area contributed by atoms with Crippen molar-refractivity contribution in [2.45, 2.75) is 39.3 Å². The summed E-state index contributed by atoms with van der Waals surface area (Å²) in [7, 11) is 0. The van der Waals surface area contributed by atoms with Crippen LogP contribution in [0.1, 0.15) is 39.3 Å². The van der Waals surface area contributed by atoms with E-state index in [0.29, 0.717) is 0 Å². The van der Waals surface area contributed by atoms with Crippen molar-refractivity contribution < 1.29 is 0 Å². The molecule has 0 unspecified atom stereocenters. The topological polar surface area (TPSA) is 24.1 Å². The standard InChI is InChI=1S/C14H23ClN2/c1-11(12-7-5-6-8-13(12)15)16-9-10-17-14(2,3)4/h5-8,11,16-17H,9-10H2,1-4H3/t11-/m1/s1. The van der Waals surface area contributed by atoms with Gasteiger partial charge in [-0.3, -0.25) is 0 Å². The summed E-state index contributed by atoms with van der Waals surface area (Å²) in [4.78, 5) is 0. The molecule has 1 aromatic rings. The van der Waals surface area contributed by atoms with Crippen LogP contribution >= 0.6 is 11.6 Å². The van der Waals surface area contributed by atoms with Gasteiger partial charge in [0.1, 0.15) is 0 Å². The molecule has 96 valence electrons. The van der Waals surface area contributed by atoms with Crippen molar-refractivity contribution in [3.8, 4) is 0 Å². The van der Waals surface area contributed by atoms with E-state index in [1.54, 1.807) is 0 Å². The predicted octanol–water partition coefficient (Wildman–Crippen LogP) is 3.38. The molecule has 3 heteroatoms. The van der Waals surface area contributed by atoms with Gasteiger partial charge in [0.15, 0.2) is 0 Å². The summed E-state index contributed by atoms with van der Waals surface area (Å²) in [5.74, 6) is 0. The van der Waals surface area contributed by atoms with Gasteiger partial charge < -0.3 is 10.6 Å². The molecular weight excluding hydrogens is 232 g/mol. The van der Waals surface area contributed by atoms with E-state index in [9.17, 15) is 0 Å². The third kappa shape index (κ3) is 5.53. The van der Waals surface area contributed by atoms with Crippen molar-refractivity contribution in [1.29, 1.82) is 0 Å². The Bertz CT molecular complexity index is 344. The van der Waals surface area contributed by atoms with Crippen molar-refractivity contribution >= 4 is 11.6 Å². The Kier molecular flexibility index (Phi) is 5.44. The van der Waals surface area contributed by atoms with Gasteiger partial charge in [-0.1, -0.05) is 29.8 Å². The number of halogens is 1. The number of nitrogens with one attached hydrogen (secondary N) is 2. The minimum absolute atomic E-state index is 0.176. The average Bonchev–Trinajstić information content (AvgIpc) is 2.23. The second-order valence-electron chi connectivity index (χ2n) is 5.37. The number of hydrogen-bond donors (Lipinski definition) is 2. The van der Waals surface area contributed by atoms with E-state index in [2.05, 4.69) is 44.4 Å². The molecule has 0 aliphatic heterocycles. The minimum atomic E-state index is 0.176. The Morgan fingerprint density at radius 1 is 1.18 bits per heavy atom. The first-order chi connectivity index (χ1) is 7.90. The van der Waals surface area contributed by atoms with Crippen LogP contribution in [0.5, 0.6) is 0 Å². The molecular formula is C14H23ClN2. The predicted molar refractivity (Wildman–Crippen MR) is 75.6 cm³/mol. The smallest absolute Gasteiger partial charge is 0.0453 e. The molecule has 0 saturated heterocycles. The molecule has 1 rings (SSSR count). The SMILES string of the molecule is C[C@@H](NCCNC(C)(C)C)c1ccccc1Cl. The van der Waals surface area contributed by atoms with Gasteiger partial charge in [-0.25, -0.2) is 0 Å². The maximum atomic E-state index is 6.15. The lowest BCUT2D eigenvalue weighted by Crippen LogP contribution is -2.40. The van der Waals surface area contributed by atoms with Crippen LogP contribution in [0, 0.1) is 0 Å². The number of benzene rings is 1. The molecule has 2 N–H and O–H groups in total. The van der Waals surface area contributed by atoms with Crippen LogP contribution in [0.4, 0.5) is 0 Å². The van der Waals surface area contributed by atoms with Gasteiger partial charge in [0.2, 0.25) is 0 Å². The third-order valence-corrected chi connectivity index (χ3v) is 2.95. The Hall–Kier alpha value is -0.570. The third-order valence-electron chi connectivity index (χ3n) is 2.60.